The zero-order valence-corrected chi connectivity index (χ0v) is 10.9. The lowest BCUT2D eigenvalue weighted by Crippen LogP contribution is -2.35. The Bertz CT molecular complexity index is 431. The van der Waals surface area contributed by atoms with Gasteiger partial charge in [0.15, 0.2) is 0 Å². The summed E-state index contributed by atoms with van der Waals surface area (Å²) in [5.41, 5.74) is 6.58. The van der Waals surface area contributed by atoms with E-state index in [9.17, 15) is 4.79 Å². The van der Waals surface area contributed by atoms with E-state index in [1.165, 1.54) is 0 Å². The summed E-state index contributed by atoms with van der Waals surface area (Å²) in [6.07, 6.45) is 3.36. The minimum Gasteiger partial charge on any atom is -0.399 e. The second kappa shape index (κ2) is 6.07. The maximum absolute atomic E-state index is 12.0. The fourth-order valence-electron chi connectivity index (χ4n) is 1.99. The Morgan fingerprint density at radius 1 is 1.50 bits per heavy atom. The lowest BCUT2D eigenvalue weighted by atomic mass is 10.1. The number of benzene rings is 1. The van der Waals surface area contributed by atoms with Crippen molar-refractivity contribution in [1.29, 1.82) is 0 Å². The van der Waals surface area contributed by atoms with Gasteiger partial charge in [-0.3, -0.25) is 4.79 Å². The number of nitrogens with one attached hydrogen (secondary N) is 1. The van der Waals surface area contributed by atoms with Crippen LogP contribution >= 0.6 is 11.6 Å². The topological polar surface area (TPSA) is 64.4 Å². The van der Waals surface area contributed by atoms with E-state index in [2.05, 4.69) is 5.32 Å². The molecule has 0 aliphatic carbocycles. The quantitative estimate of drug-likeness (QED) is 0.826. The van der Waals surface area contributed by atoms with E-state index in [4.69, 9.17) is 22.1 Å². The van der Waals surface area contributed by atoms with Crippen LogP contribution in [-0.4, -0.2) is 25.2 Å². The van der Waals surface area contributed by atoms with E-state index in [1.807, 2.05) is 0 Å². The number of amides is 1. The number of halogens is 1. The Hall–Kier alpha value is -1.26. The highest BCUT2D eigenvalue weighted by Gasteiger charge is 2.16. The summed E-state index contributed by atoms with van der Waals surface area (Å²) in [7, 11) is 0. The summed E-state index contributed by atoms with van der Waals surface area (Å²) in [4.78, 5) is 12.0. The van der Waals surface area contributed by atoms with Crippen LogP contribution in [0.25, 0.3) is 0 Å². The second-order valence-electron chi connectivity index (χ2n) is 4.44. The van der Waals surface area contributed by atoms with Gasteiger partial charge in [-0.1, -0.05) is 11.6 Å². The van der Waals surface area contributed by atoms with E-state index in [1.54, 1.807) is 18.2 Å². The number of hydrogen-bond donors (Lipinski definition) is 2. The number of anilines is 1. The average Bonchev–Trinajstić information content (AvgIpc) is 2.40. The summed E-state index contributed by atoms with van der Waals surface area (Å²) >= 11 is 5.96. The van der Waals surface area contributed by atoms with Crippen LogP contribution in [0.4, 0.5) is 5.69 Å². The third-order valence-corrected chi connectivity index (χ3v) is 3.33. The van der Waals surface area contributed by atoms with Gasteiger partial charge in [0.25, 0.3) is 5.91 Å². The number of carbonyl (C=O) groups is 1. The van der Waals surface area contributed by atoms with Crippen molar-refractivity contribution in [3.63, 3.8) is 0 Å². The molecule has 1 atom stereocenters. The molecule has 1 amide bonds. The van der Waals surface area contributed by atoms with Crippen LogP contribution in [-0.2, 0) is 4.74 Å². The minimum absolute atomic E-state index is 0.113. The van der Waals surface area contributed by atoms with Crippen molar-refractivity contribution in [1.82, 2.24) is 5.32 Å². The zero-order valence-electron chi connectivity index (χ0n) is 10.1. The van der Waals surface area contributed by atoms with Gasteiger partial charge in [0.2, 0.25) is 0 Å². The van der Waals surface area contributed by atoms with Gasteiger partial charge in [-0.15, -0.1) is 0 Å². The molecule has 1 aromatic carbocycles. The Balaban J connectivity index is 1.92. The van der Waals surface area contributed by atoms with Gasteiger partial charge in [0.05, 0.1) is 16.7 Å². The maximum Gasteiger partial charge on any atom is 0.252 e. The molecule has 1 saturated heterocycles. The molecule has 98 valence electrons. The van der Waals surface area contributed by atoms with E-state index in [0.29, 0.717) is 22.8 Å². The van der Waals surface area contributed by atoms with Gasteiger partial charge in [0, 0.05) is 18.8 Å². The van der Waals surface area contributed by atoms with Crippen LogP contribution in [0.15, 0.2) is 18.2 Å². The molecule has 0 aromatic heterocycles. The highest BCUT2D eigenvalue weighted by atomic mass is 35.5. The van der Waals surface area contributed by atoms with Gasteiger partial charge in [0.1, 0.15) is 0 Å². The van der Waals surface area contributed by atoms with E-state index >= 15 is 0 Å². The molecule has 1 fully saturated rings. The Labute approximate surface area is 111 Å². The normalized spacial score (nSPS) is 19.5. The van der Waals surface area contributed by atoms with Crippen molar-refractivity contribution in [3.8, 4) is 0 Å². The summed E-state index contributed by atoms with van der Waals surface area (Å²) in [5.74, 6) is -0.207. The largest absolute Gasteiger partial charge is 0.399 e. The fraction of sp³-hybridized carbons (Fsp3) is 0.462. The SMILES string of the molecule is Nc1ccc(Cl)c(C(=O)NCC2CCCCO2)c1. The number of nitrogens with two attached hydrogens (primary N) is 1. The van der Waals surface area contributed by atoms with Gasteiger partial charge in [-0.25, -0.2) is 0 Å². The van der Waals surface area contributed by atoms with Crippen LogP contribution in [0.5, 0.6) is 0 Å². The number of ether oxygens (including phenoxy) is 1. The molecule has 1 aromatic rings. The van der Waals surface area contributed by atoms with E-state index < -0.39 is 0 Å². The van der Waals surface area contributed by atoms with Gasteiger partial charge in [-0.2, -0.15) is 0 Å². The Kier molecular flexibility index (Phi) is 4.44. The molecular formula is C13H17ClN2O2. The maximum atomic E-state index is 12.0. The van der Waals surface area contributed by atoms with E-state index in [0.717, 1.165) is 25.9 Å². The summed E-state index contributed by atoms with van der Waals surface area (Å²) < 4.78 is 5.55. The summed E-state index contributed by atoms with van der Waals surface area (Å²) in [5, 5.41) is 3.24. The van der Waals surface area contributed by atoms with Crippen molar-refractivity contribution in [2.24, 2.45) is 0 Å². The predicted molar refractivity (Wildman–Crippen MR) is 71.8 cm³/mol. The molecule has 0 radical (unpaired) electrons. The summed E-state index contributed by atoms with van der Waals surface area (Å²) in [6, 6.07) is 4.88. The Morgan fingerprint density at radius 2 is 2.33 bits per heavy atom. The van der Waals surface area contributed by atoms with E-state index in [-0.39, 0.29) is 12.0 Å². The van der Waals surface area contributed by atoms with Crippen molar-refractivity contribution in [2.75, 3.05) is 18.9 Å². The molecule has 1 aliphatic heterocycles. The third-order valence-electron chi connectivity index (χ3n) is 3.00. The van der Waals surface area contributed by atoms with Crippen LogP contribution in [0.2, 0.25) is 5.02 Å². The number of carbonyl (C=O) groups excluding carboxylic acids is 1. The molecule has 0 bridgehead atoms. The van der Waals surface area contributed by atoms with Crippen LogP contribution in [0, 0.1) is 0 Å². The lowest BCUT2D eigenvalue weighted by Gasteiger charge is -2.22. The first-order valence-corrected chi connectivity index (χ1v) is 6.49. The van der Waals surface area contributed by atoms with Crippen molar-refractivity contribution in [2.45, 2.75) is 25.4 Å². The molecule has 1 heterocycles. The van der Waals surface area contributed by atoms with Gasteiger partial charge in [-0.05, 0) is 37.5 Å². The second-order valence-corrected chi connectivity index (χ2v) is 4.85. The highest BCUT2D eigenvalue weighted by molar-refractivity contribution is 6.34. The molecule has 4 nitrogen and oxygen atoms in total. The monoisotopic (exact) mass is 268 g/mol. The van der Waals surface area contributed by atoms with Crippen LogP contribution in [0.3, 0.4) is 0 Å². The fourth-order valence-corrected chi connectivity index (χ4v) is 2.19. The molecule has 3 N–H and O–H groups in total. The standard InChI is InChI=1S/C13H17ClN2O2/c14-12-5-4-9(15)7-11(12)13(17)16-8-10-3-1-2-6-18-10/h4-5,7,10H,1-3,6,8,15H2,(H,16,17). The van der Waals surface area contributed by atoms with Crippen molar-refractivity contribution >= 4 is 23.2 Å². The first-order chi connectivity index (χ1) is 8.66. The lowest BCUT2D eigenvalue weighted by molar-refractivity contribution is 0.0169. The molecule has 1 aliphatic rings. The average molecular weight is 269 g/mol. The minimum atomic E-state index is -0.207. The highest BCUT2D eigenvalue weighted by Crippen LogP contribution is 2.19. The van der Waals surface area contributed by atoms with Gasteiger partial charge >= 0.3 is 0 Å². The molecule has 0 saturated carbocycles. The molecular weight excluding hydrogens is 252 g/mol. The summed E-state index contributed by atoms with van der Waals surface area (Å²) in [6.45, 7) is 1.30. The number of hydrogen-bond acceptors (Lipinski definition) is 3. The van der Waals surface area contributed by atoms with Crippen molar-refractivity contribution < 1.29 is 9.53 Å². The first-order valence-electron chi connectivity index (χ1n) is 6.11. The van der Waals surface area contributed by atoms with Gasteiger partial charge < -0.3 is 15.8 Å². The number of nitrogen functional groups attached to an aromatic ring is 1. The molecule has 1 unspecified atom stereocenters. The van der Waals surface area contributed by atoms with Crippen molar-refractivity contribution in [3.05, 3.63) is 28.8 Å². The smallest absolute Gasteiger partial charge is 0.252 e. The first kappa shape index (κ1) is 13.2. The zero-order chi connectivity index (χ0) is 13.0. The Morgan fingerprint density at radius 3 is 3.06 bits per heavy atom. The third kappa shape index (κ3) is 3.37. The molecule has 5 heteroatoms. The molecule has 0 spiro atoms. The molecule has 2 rings (SSSR count). The number of rotatable bonds is 3. The molecule has 18 heavy (non-hydrogen) atoms. The van der Waals surface area contributed by atoms with Crippen LogP contribution < -0.4 is 11.1 Å². The predicted octanol–water partition coefficient (Wildman–Crippen LogP) is 2.22. The van der Waals surface area contributed by atoms with Crippen LogP contribution in [0.1, 0.15) is 29.6 Å².